The second-order valence-corrected chi connectivity index (χ2v) is 4.36. The lowest BCUT2D eigenvalue weighted by Crippen LogP contribution is -2.16. The molecule has 0 bridgehead atoms. The maximum Gasteiger partial charge on any atom is 0.252 e. The number of rotatable bonds is 5. The SMILES string of the molecule is NC(=O)c1ccccc1OCC(=O)c1ccsc1. The van der Waals surface area contributed by atoms with Crippen LogP contribution in [0.1, 0.15) is 20.7 Å². The third-order valence-corrected chi connectivity index (χ3v) is 3.04. The molecule has 0 aliphatic carbocycles. The van der Waals surface area contributed by atoms with E-state index in [0.29, 0.717) is 11.3 Å². The van der Waals surface area contributed by atoms with Gasteiger partial charge in [0.15, 0.2) is 6.61 Å². The van der Waals surface area contributed by atoms with E-state index >= 15 is 0 Å². The zero-order chi connectivity index (χ0) is 13.0. The molecule has 0 aliphatic rings. The predicted molar refractivity (Wildman–Crippen MR) is 69.1 cm³/mol. The Kier molecular flexibility index (Phi) is 3.74. The lowest BCUT2D eigenvalue weighted by Gasteiger charge is -2.08. The first-order chi connectivity index (χ1) is 8.68. The maximum absolute atomic E-state index is 11.7. The van der Waals surface area contributed by atoms with E-state index in [1.54, 1.807) is 35.7 Å². The van der Waals surface area contributed by atoms with Crippen LogP contribution in [0.2, 0.25) is 0 Å². The van der Waals surface area contributed by atoms with Gasteiger partial charge in [-0.2, -0.15) is 11.3 Å². The van der Waals surface area contributed by atoms with Crippen LogP contribution in [0.15, 0.2) is 41.1 Å². The zero-order valence-electron chi connectivity index (χ0n) is 9.46. The van der Waals surface area contributed by atoms with Crippen molar-refractivity contribution in [1.82, 2.24) is 0 Å². The summed E-state index contributed by atoms with van der Waals surface area (Å²) in [5, 5.41) is 3.58. The van der Waals surface area contributed by atoms with E-state index in [-0.39, 0.29) is 18.0 Å². The summed E-state index contributed by atoms with van der Waals surface area (Å²) >= 11 is 1.45. The van der Waals surface area contributed by atoms with Gasteiger partial charge in [0.25, 0.3) is 5.91 Å². The topological polar surface area (TPSA) is 69.4 Å². The number of carbonyl (C=O) groups excluding carboxylic acids is 2. The highest BCUT2D eigenvalue weighted by Gasteiger charge is 2.11. The zero-order valence-corrected chi connectivity index (χ0v) is 10.3. The summed E-state index contributed by atoms with van der Waals surface area (Å²) in [6.45, 7) is -0.110. The summed E-state index contributed by atoms with van der Waals surface area (Å²) in [5.41, 5.74) is 6.09. The quantitative estimate of drug-likeness (QED) is 0.838. The van der Waals surface area contributed by atoms with Gasteiger partial charge in [0, 0.05) is 10.9 Å². The summed E-state index contributed by atoms with van der Waals surface area (Å²) in [6, 6.07) is 8.31. The van der Waals surface area contributed by atoms with Crippen LogP contribution in [-0.4, -0.2) is 18.3 Å². The van der Waals surface area contributed by atoms with Crippen molar-refractivity contribution in [2.45, 2.75) is 0 Å². The van der Waals surface area contributed by atoms with Crippen molar-refractivity contribution in [3.8, 4) is 5.75 Å². The number of thiophene rings is 1. The lowest BCUT2D eigenvalue weighted by atomic mass is 10.2. The molecule has 0 atom stereocenters. The molecule has 0 radical (unpaired) electrons. The van der Waals surface area contributed by atoms with E-state index in [4.69, 9.17) is 10.5 Å². The van der Waals surface area contributed by atoms with Crippen LogP contribution < -0.4 is 10.5 Å². The van der Waals surface area contributed by atoms with Crippen LogP contribution in [0, 0.1) is 0 Å². The molecule has 0 saturated carbocycles. The fourth-order valence-corrected chi connectivity index (χ4v) is 2.11. The first-order valence-electron chi connectivity index (χ1n) is 5.25. The molecule has 0 fully saturated rings. The van der Waals surface area contributed by atoms with Gasteiger partial charge in [-0.15, -0.1) is 0 Å². The third kappa shape index (κ3) is 2.75. The van der Waals surface area contributed by atoms with E-state index in [2.05, 4.69) is 0 Å². The molecular weight excluding hydrogens is 250 g/mol. The van der Waals surface area contributed by atoms with Gasteiger partial charge < -0.3 is 10.5 Å². The Labute approximate surface area is 108 Å². The average molecular weight is 261 g/mol. The van der Waals surface area contributed by atoms with Gasteiger partial charge in [-0.1, -0.05) is 12.1 Å². The first-order valence-corrected chi connectivity index (χ1v) is 6.20. The molecule has 1 heterocycles. The van der Waals surface area contributed by atoms with Crippen LogP contribution in [0.4, 0.5) is 0 Å². The molecule has 4 nitrogen and oxygen atoms in total. The Morgan fingerprint density at radius 3 is 2.67 bits per heavy atom. The molecule has 92 valence electrons. The molecule has 2 rings (SSSR count). The first kappa shape index (κ1) is 12.3. The van der Waals surface area contributed by atoms with Gasteiger partial charge in [0.1, 0.15) is 5.75 Å². The van der Waals surface area contributed by atoms with Gasteiger partial charge in [-0.3, -0.25) is 9.59 Å². The van der Waals surface area contributed by atoms with Gasteiger partial charge in [0.2, 0.25) is 5.78 Å². The molecule has 5 heteroatoms. The van der Waals surface area contributed by atoms with Crippen molar-refractivity contribution >= 4 is 23.0 Å². The van der Waals surface area contributed by atoms with E-state index in [0.717, 1.165) is 0 Å². The Morgan fingerprint density at radius 1 is 1.22 bits per heavy atom. The average Bonchev–Trinajstić information content (AvgIpc) is 2.90. The molecule has 18 heavy (non-hydrogen) atoms. The Morgan fingerprint density at radius 2 is 2.00 bits per heavy atom. The highest BCUT2D eigenvalue weighted by atomic mass is 32.1. The monoisotopic (exact) mass is 261 g/mol. The van der Waals surface area contributed by atoms with Crippen molar-refractivity contribution in [3.63, 3.8) is 0 Å². The number of benzene rings is 1. The van der Waals surface area contributed by atoms with Gasteiger partial charge in [-0.25, -0.2) is 0 Å². The van der Waals surface area contributed by atoms with Crippen molar-refractivity contribution < 1.29 is 14.3 Å². The number of amides is 1. The highest BCUT2D eigenvalue weighted by Crippen LogP contribution is 2.17. The van der Waals surface area contributed by atoms with Crippen molar-refractivity contribution in [2.75, 3.05) is 6.61 Å². The number of ketones is 1. The van der Waals surface area contributed by atoms with Crippen LogP contribution in [-0.2, 0) is 0 Å². The summed E-state index contributed by atoms with van der Waals surface area (Å²) in [6.07, 6.45) is 0. The molecule has 0 spiro atoms. The number of primary amides is 1. The molecule has 1 aromatic heterocycles. The minimum absolute atomic E-state index is 0.110. The summed E-state index contributed by atoms with van der Waals surface area (Å²) in [5.74, 6) is -0.377. The number of nitrogens with two attached hydrogens (primary N) is 1. The number of ether oxygens (including phenoxy) is 1. The molecule has 2 aromatic rings. The molecule has 2 N–H and O–H groups in total. The second kappa shape index (κ2) is 5.46. The van der Waals surface area contributed by atoms with Crippen LogP contribution in [0.3, 0.4) is 0 Å². The molecule has 0 unspecified atom stereocenters. The van der Waals surface area contributed by atoms with E-state index < -0.39 is 5.91 Å². The maximum atomic E-state index is 11.7. The number of para-hydroxylation sites is 1. The van der Waals surface area contributed by atoms with Gasteiger partial charge in [0.05, 0.1) is 5.56 Å². The second-order valence-electron chi connectivity index (χ2n) is 3.58. The van der Waals surface area contributed by atoms with Crippen molar-refractivity contribution in [3.05, 3.63) is 52.2 Å². The summed E-state index contributed by atoms with van der Waals surface area (Å²) in [7, 11) is 0. The molecule has 1 aromatic carbocycles. The Balaban J connectivity index is 2.07. The summed E-state index contributed by atoms with van der Waals surface area (Å²) < 4.78 is 5.34. The lowest BCUT2D eigenvalue weighted by molar-refractivity contribution is 0.0912. The largest absolute Gasteiger partial charge is 0.485 e. The molecule has 1 amide bonds. The normalized spacial score (nSPS) is 10.0. The van der Waals surface area contributed by atoms with Crippen LogP contribution >= 0.6 is 11.3 Å². The van der Waals surface area contributed by atoms with Crippen molar-refractivity contribution in [1.29, 1.82) is 0 Å². The number of Topliss-reactive ketones (excluding diaryl/α,β-unsaturated/α-hetero) is 1. The minimum Gasteiger partial charge on any atom is -0.485 e. The van der Waals surface area contributed by atoms with Crippen LogP contribution in [0.5, 0.6) is 5.75 Å². The molecule has 0 saturated heterocycles. The Hall–Kier alpha value is -2.14. The van der Waals surface area contributed by atoms with Gasteiger partial charge in [-0.05, 0) is 23.6 Å². The van der Waals surface area contributed by atoms with E-state index in [1.165, 1.54) is 11.3 Å². The van der Waals surface area contributed by atoms with Gasteiger partial charge >= 0.3 is 0 Å². The summed E-state index contributed by atoms with van der Waals surface area (Å²) in [4.78, 5) is 22.9. The smallest absolute Gasteiger partial charge is 0.252 e. The van der Waals surface area contributed by atoms with E-state index in [9.17, 15) is 9.59 Å². The fourth-order valence-electron chi connectivity index (χ4n) is 1.45. The third-order valence-electron chi connectivity index (χ3n) is 2.35. The standard InChI is InChI=1S/C13H11NO3S/c14-13(16)10-3-1-2-4-12(10)17-7-11(15)9-5-6-18-8-9/h1-6,8H,7H2,(H2,14,16). The minimum atomic E-state index is -0.575. The Bertz CT molecular complexity index is 563. The molecule has 0 aliphatic heterocycles. The fraction of sp³-hybridized carbons (Fsp3) is 0.0769. The number of hydrogen-bond acceptors (Lipinski definition) is 4. The number of carbonyl (C=O) groups is 2. The predicted octanol–water partition coefficient (Wildman–Crippen LogP) is 2.11. The van der Waals surface area contributed by atoms with Crippen molar-refractivity contribution in [2.24, 2.45) is 5.73 Å². The van der Waals surface area contributed by atoms with Crippen LogP contribution in [0.25, 0.3) is 0 Å². The highest BCUT2D eigenvalue weighted by molar-refractivity contribution is 7.08. The molecular formula is C13H11NO3S. The van der Waals surface area contributed by atoms with E-state index in [1.807, 2.05) is 5.38 Å². The number of hydrogen-bond donors (Lipinski definition) is 1.